The molecule has 27 heavy (non-hydrogen) atoms. The number of nitrogens with one attached hydrogen (secondary N) is 2. The number of furan rings is 1. The van der Waals surface area contributed by atoms with Gasteiger partial charge in [0.25, 0.3) is 5.91 Å². The van der Waals surface area contributed by atoms with Crippen LogP contribution in [-0.2, 0) is 4.74 Å². The number of rotatable bonds is 9. The first-order valence-corrected chi connectivity index (χ1v) is 8.94. The minimum Gasteiger partial charge on any atom is -0.463 e. The highest BCUT2D eigenvalue weighted by molar-refractivity contribution is 6.30. The van der Waals surface area contributed by atoms with Gasteiger partial charge in [-0.3, -0.25) is 4.79 Å². The molecule has 2 heterocycles. The molecular weight excluding hydrogens is 368 g/mol. The van der Waals surface area contributed by atoms with Crippen LogP contribution in [0.25, 0.3) is 17.1 Å². The van der Waals surface area contributed by atoms with Crippen LogP contribution in [0.3, 0.4) is 0 Å². The third-order valence-corrected chi connectivity index (χ3v) is 4.11. The zero-order valence-corrected chi connectivity index (χ0v) is 15.7. The van der Waals surface area contributed by atoms with Gasteiger partial charge in [-0.25, -0.2) is 4.68 Å². The Kier molecular flexibility index (Phi) is 6.64. The van der Waals surface area contributed by atoms with E-state index in [1.165, 1.54) is 0 Å². The van der Waals surface area contributed by atoms with Gasteiger partial charge in [0.05, 0.1) is 18.6 Å². The van der Waals surface area contributed by atoms with Crippen LogP contribution < -0.4 is 10.6 Å². The normalized spacial score (nSPS) is 10.9. The molecular formula is C19H21ClN4O3. The molecule has 3 rings (SSSR count). The molecule has 0 saturated heterocycles. The Morgan fingerprint density at radius 1 is 1.22 bits per heavy atom. The fourth-order valence-corrected chi connectivity index (χ4v) is 2.65. The van der Waals surface area contributed by atoms with E-state index < -0.39 is 0 Å². The van der Waals surface area contributed by atoms with E-state index in [0.717, 1.165) is 12.2 Å². The van der Waals surface area contributed by atoms with Gasteiger partial charge in [0.1, 0.15) is 5.69 Å². The van der Waals surface area contributed by atoms with E-state index in [0.29, 0.717) is 41.9 Å². The fourth-order valence-electron chi connectivity index (χ4n) is 2.53. The zero-order valence-electron chi connectivity index (χ0n) is 14.9. The molecule has 0 aliphatic rings. The number of carbonyl (C=O) groups excluding carboxylic acids is 1. The Labute approximate surface area is 162 Å². The second kappa shape index (κ2) is 9.36. The molecule has 0 fully saturated rings. The predicted molar refractivity (Wildman–Crippen MR) is 103 cm³/mol. The van der Waals surface area contributed by atoms with Crippen molar-refractivity contribution in [3.8, 4) is 17.1 Å². The summed E-state index contributed by atoms with van der Waals surface area (Å²) in [4.78, 5) is 12.5. The Balaban J connectivity index is 1.75. The number of halogens is 1. The van der Waals surface area contributed by atoms with Crippen LogP contribution in [0, 0.1) is 0 Å². The number of hydrogen-bond donors (Lipinski definition) is 2. The molecule has 0 bridgehead atoms. The standard InChI is InChI=1S/C19H21ClN4O3/c1-26-12-10-21-8-9-22-19(25)16-13-17(18-3-2-11-27-18)24(23-16)15-6-4-14(20)5-7-15/h2-7,11,13,21H,8-10,12H2,1H3,(H,22,25). The van der Waals surface area contributed by atoms with E-state index >= 15 is 0 Å². The highest BCUT2D eigenvalue weighted by Crippen LogP contribution is 2.25. The molecule has 8 heteroatoms. The number of ether oxygens (including phenoxy) is 1. The first-order valence-electron chi connectivity index (χ1n) is 8.57. The monoisotopic (exact) mass is 388 g/mol. The van der Waals surface area contributed by atoms with E-state index in [4.69, 9.17) is 20.8 Å². The Bertz CT molecular complexity index is 860. The molecule has 0 unspecified atom stereocenters. The first-order chi connectivity index (χ1) is 13.2. The van der Waals surface area contributed by atoms with Crippen LogP contribution in [0.1, 0.15) is 10.5 Å². The first kappa shape index (κ1) is 19.2. The number of nitrogens with zero attached hydrogens (tertiary/aromatic N) is 2. The summed E-state index contributed by atoms with van der Waals surface area (Å²) in [7, 11) is 1.65. The number of amides is 1. The molecule has 0 radical (unpaired) electrons. The predicted octanol–water partition coefficient (Wildman–Crippen LogP) is 2.75. The molecule has 1 amide bonds. The lowest BCUT2D eigenvalue weighted by atomic mass is 10.2. The summed E-state index contributed by atoms with van der Waals surface area (Å²) >= 11 is 5.97. The second-order valence-electron chi connectivity index (χ2n) is 5.78. The number of aromatic nitrogens is 2. The molecule has 0 aliphatic carbocycles. The lowest BCUT2D eigenvalue weighted by Gasteiger charge is -2.06. The molecule has 2 aromatic heterocycles. The number of methoxy groups -OCH3 is 1. The van der Waals surface area contributed by atoms with Crippen LogP contribution in [0.2, 0.25) is 5.02 Å². The van der Waals surface area contributed by atoms with Crippen molar-refractivity contribution < 1.29 is 13.9 Å². The van der Waals surface area contributed by atoms with Gasteiger partial charge in [-0.15, -0.1) is 0 Å². The van der Waals surface area contributed by atoms with Crippen molar-refractivity contribution in [3.63, 3.8) is 0 Å². The summed E-state index contributed by atoms with van der Waals surface area (Å²) in [5.74, 6) is 0.377. The second-order valence-corrected chi connectivity index (χ2v) is 6.22. The molecule has 0 atom stereocenters. The summed E-state index contributed by atoms with van der Waals surface area (Å²) in [5, 5.41) is 11.1. The van der Waals surface area contributed by atoms with Crippen molar-refractivity contribution in [3.05, 3.63) is 59.4 Å². The number of hydrogen-bond acceptors (Lipinski definition) is 5. The summed E-state index contributed by atoms with van der Waals surface area (Å²) in [5.41, 5.74) is 1.78. The fraction of sp³-hybridized carbons (Fsp3) is 0.263. The average Bonchev–Trinajstić information content (AvgIpc) is 3.34. The van der Waals surface area contributed by atoms with Gasteiger partial charge in [-0.1, -0.05) is 11.6 Å². The summed E-state index contributed by atoms with van der Waals surface area (Å²) in [6.07, 6.45) is 1.58. The van der Waals surface area contributed by atoms with E-state index in [-0.39, 0.29) is 5.91 Å². The summed E-state index contributed by atoms with van der Waals surface area (Å²) < 4.78 is 12.1. The quantitative estimate of drug-likeness (QED) is 0.551. The highest BCUT2D eigenvalue weighted by Gasteiger charge is 2.18. The molecule has 0 spiro atoms. The van der Waals surface area contributed by atoms with E-state index in [2.05, 4.69) is 15.7 Å². The maximum absolute atomic E-state index is 12.5. The Morgan fingerprint density at radius 2 is 2.04 bits per heavy atom. The Morgan fingerprint density at radius 3 is 2.74 bits per heavy atom. The lowest BCUT2D eigenvalue weighted by Crippen LogP contribution is -2.33. The summed E-state index contributed by atoms with van der Waals surface area (Å²) in [6.45, 7) is 2.51. The topological polar surface area (TPSA) is 81.3 Å². The van der Waals surface area contributed by atoms with E-state index in [1.807, 2.05) is 18.2 Å². The molecule has 142 valence electrons. The van der Waals surface area contributed by atoms with Gasteiger partial charge < -0.3 is 19.8 Å². The van der Waals surface area contributed by atoms with Crippen molar-refractivity contribution in [1.82, 2.24) is 20.4 Å². The van der Waals surface area contributed by atoms with Crippen molar-refractivity contribution >= 4 is 17.5 Å². The average molecular weight is 389 g/mol. The maximum atomic E-state index is 12.5. The van der Waals surface area contributed by atoms with E-state index in [1.54, 1.807) is 42.3 Å². The Hall–Kier alpha value is -2.61. The zero-order chi connectivity index (χ0) is 19.1. The van der Waals surface area contributed by atoms with Crippen LogP contribution in [0.5, 0.6) is 0 Å². The van der Waals surface area contributed by atoms with Crippen LogP contribution in [0.4, 0.5) is 0 Å². The van der Waals surface area contributed by atoms with Gasteiger partial charge in [0.15, 0.2) is 11.5 Å². The van der Waals surface area contributed by atoms with Gasteiger partial charge in [0.2, 0.25) is 0 Å². The number of benzene rings is 1. The van der Waals surface area contributed by atoms with E-state index in [9.17, 15) is 4.79 Å². The molecule has 3 aromatic rings. The lowest BCUT2D eigenvalue weighted by molar-refractivity contribution is 0.0948. The minimum absolute atomic E-state index is 0.246. The smallest absolute Gasteiger partial charge is 0.271 e. The maximum Gasteiger partial charge on any atom is 0.271 e. The third-order valence-electron chi connectivity index (χ3n) is 3.86. The van der Waals surface area contributed by atoms with Crippen molar-refractivity contribution in [1.29, 1.82) is 0 Å². The van der Waals surface area contributed by atoms with Crippen LogP contribution in [0.15, 0.2) is 53.1 Å². The highest BCUT2D eigenvalue weighted by atomic mass is 35.5. The minimum atomic E-state index is -0.246. The molecule has 0 aliphatic heterocycles. The van der Waals surface area contributed by atoms with Gasteiger partial charge in [-0.05, 0) is 36.4 Å². The molecule has 2 N–H and O–H groups in total. The SMILES string of the molecule is COCCNCCNC(=O)c1cc(-c2ccco2)n(-c2ccc(Cl)cc2)n1. The third kappa shape index (κ3) is 4.97. The van der Waals surface area contributed by atoms with Gasteiger partial charge in [-0.2, -0.15) is 5.10 Å². The van der Waals surface area contributed by atoms with Crippen LogP contribution >= 0.6 is 11.6 Å². The van der Waals surface area contributed by atoms with Crippen molar-refractivity contribution in [2.75, 3.05) is 33.4 Å². The van der Waals surface area contributed by atoms with Crippen LogP contribution in [-0.4, -0.2) is 49.0 Å². The van der Waals surface area contributed by atoms with Crippen molar-refractivity contribution in [2.45, 2.75) is 0 Å². The van der Waals surface area contributed by atoms with Crippen molar-refractivity contribution in [2.24, 2.45) is 0 Å². The molecule has 0 saturated carbocycles. The largest absolute Gasteiger partial charge is 0.463 e. The molecule has 1 aromatic carbocycles. The van der Waals surface area contributed by atoms with Gasteiger partial charge in [0, 0.05) is 37.8 Å². The number of carbonyl (C=O) groups is 1. The summed E-state index contributed by atoms with van der Waals surface area (Å²) in [6, 6.07) is 12.5. The molecule has 7 nitrogen and oxygen atoms in total. The van der Waals surface area contributed by atoms with Gasteiger partial charge >= 0.3 is 0 Å².